The molecule has 3 rings (SSSR count). The Morgan fingerprint density at radius 3 is 2.38 bits per heavy atom. The van der Waals surface area contributed by atoms with Crippen molar-refractivity contribution in [2.24, 2.45) is 0 Å². The highest BCUT2D eigenvalue weighted by Crippen LogP contribution is 2.15. The molecule has 0 spiro atoms. The van der Waals surface area contributed by atoms with Crippen molar-refractivity contribution in [1.29, 1.82) is 0 Å². The van der Waals surface area contributed by atoms with E-state index < -0.39 is 17.7 Å². The van der Waals surface area contributed by atoms with Gasteiger partial charge < -0.3 is 19.3 Å². The molecular weight excluding hydrogens is 414 g/mol. The zero-order valence-corrected chi connectivity index (χ0v) is 18.4. The number of nitrogens with zero attached hydrogens (tertiary/aromatic N) is 4. The molecule has 10 heteroatoms. The van der Waals surface area contributed by atoms with E-state index in [4.69, 9.17) is 9.47 Å². The number of piperazine rings is 1. The molecule has 170 valence electrons. The van der Waals surface area contributed by atoms with Crippen LogP contribution in [-0.4, -0.2) is 71.2 Å². The van der Waals surface area contributed by atoms with E-state index in [-0.39, 0.29) is 18.1 Å². The highest BCUT2D eigenvalue weighted by Gasteiger charge is 2.23. The van der Waals surface area contributed by atoms with E-state index in [0.717, 1.165) is 0 Å². The third-order valence-electron chi connectivity index (χ3n) is 4.54. The number of ether oxygens (including phenoxy) is 2. The van der Waals surface area contributed by atoms with Crippen LogP contribution in [0.2, 0.25) is 0 Å². The molecule has 2 heterocycles. The molecule has 0 atom stereocenters. The first-order chi connectivity index (χ1) is 15.2. The number of carbonyl (C=O) groups excluding carboxylic acids is 3. The Balaban J connectivity index is 1.47. The highest BCUT2D eigenvalue weighted by atomic mass is 16.6. The van der Waals surface area contributed by atoms with Gasteiger partial charge in [-0.05, 0) is 45.0 Å². The van der Waals surface area contributed by atoms with Crippen LogP contribution in [0.1, 0.15) is 31.1 Å². The molecule has 1 aromatic carbocycles. The van der Waals surface area contributed by atoms with Gasteiger partial charge in [-0.1, -0.05) is 6.07 Å². The Labute approximate surface area is 186 Å². The summed E-state index contributed by atoms with van der Waals surface area (Å²) in [6.07, 6.45) is 2.73. The second-order valence-electron chi connectivity index (χ2n) is 8.20. The number of aromatic nitrogens is 2. The van der Waals surface area contributed by atoms with Crippen molar-refractivity contribution in [1.82, 2.24) is 14.9 Å². The molecule has 2 amide bonds. The fourth-order valence-electron chi connectivity index (χ4n) is 3.06. The lowest BCUT2D eigenvalue weighted by molar-refractivity contribution is -0.134. The van der Waals surface area contributed by atoms with Gasteiger partial charge >= 0.3 is 12.1 Å². The van der Waals surface area contributed by atoms with Crippen molar-refractivity contribution in [3.8, 4) is 0 Å². The first-order valence-corrected chi connectivity index (χ1v) is 10.3. The zero-order valence-electron chi connectivity index (χ0n) is 18.4. The summed E-state index contributed by atoms with van der Waals surface area (Å²) in [7, 11) is 0. The summed E-state index contributed by atoms with van der Waals surface area (Å²) >= 11 is 0. The van der Waals surface area contributed by atoms with E-state index in [2.05, 4.69) is 15.3 Å². The van der Waals surface area contributed by atoms with Crippen molar-refractivity contribution in [2.75, 3.05) is 43.0 Å². The number of amides is 2. The van der Waals surface area contributed by atoms with E-state index in [1.54, 1.807) is 62.3 Å². The summed E-state index contributed by atoms with van der Waals surface area (Å²) in [4.78, 5) is 48.8. The van der Waals surface area contributed by atoms with Crippen molar-refractivity contribution in [2.45, 2.75) is 26.4 Å². The molecule has 10 nitrogen and oxygen atoms in total. The molecule has 1 aliphatic rings. The molecule has 1 N–H and O–H groups in total. The quantitative estimate of drug-likeness (QED) is 0.704. The van der Waals surface area contributed by atoms with Crippen molar-refractivity contribution < 1.29 is 23.9 Å². The average Bonchev–Trinajstić information content (AvgIpc) is 2.77. The van der Waals surface area contributed by atoms with Crippen molar-refractivity contribution in [3.05, 3.63) is 48.3 Å². The summed E-state index contributed by atoms with van der Waals surface area (Å²) in [6, 6.07) is 8.00. The van der Waals surface area contributed by atoms with Gasteiger partial charge in [-0.25, -0.2) is 19.6 Å². The molecule has 1 aromatic heterocycles. The van der Waals surface area contributed by atoms with Crippen molar-refractivity contribution >= 4 is 29.6 Å². The zero-order chi connectivity index (χ0) is 23.1. The summed E-state index contributed by atoms with van der Waals surface area (Å²) in [6.45, 7) is 7.09. The first-order valence-electron chi connectivity index (χ1n) is 10.3. The Hall–Kier alpha value is -3.69. The normalized spacial score (nSPS) is 14.0. The van der Waals surface area contributed by atoms with Crippen molar-refractivity contribution in [3.63, 3.8) is 0 Å². The van der Waals surface area contributed by atoms with Crippen LogP contribution in [0.15, 0.2) is 42.7 Å². The van der Waals surface area contributed by atoms with Crippen LogP contribution in [0, 0.1) is 0 Å². The molecule has 0 radical (unpaired) electrons. The fraction of sp³-hybridized carbons (Fsp3) is 0.409. The minimum Gasteiger partial charge on any atom is -0.452 e. The number of carbonyl (C=O) groups is 3. The second-order valence-corrected chi connectivity index (χ2v) is 8.20. The average molecular weight is 441 g/mol. The Morgan fingerprint density at radius 2 is 1.72 bits per heavy atom. The van der Waals surface area contributed by atoms with Gasteiger partial charge in [-0.15, -0.1) is 0 Å². The Bertz CT molecular complexity index is 953. The molecule has 0 saturated carbocycles. The van der Waals surface area contributed by atoms with Gasteiger partial charge in [0.1, 0.15) is 5.60 Å². The maximum atomic E-state index is 12.4. The summed E-state index contributed by atoms with van der Waals surface area (Å²) < 4.78 is 10.4. The SMILES string of the molecule is CC(C)(C)OC(=O)Nc1cccc(C(=O)OCC(=O)N2CCN(c3ncccn3)CC2)c1. The van der Waals surface area contributed by atoms with Crippen LogP contribution in [-0.2, 0) is 14.3 Å². The van der Waals surface area contributed by atoms with E-state index in [1.807, 2.05) is 4.90 Å². The first kappa shape index (κ1) is 23.0. The predicted molar refractivity (Wildman–Crippen MR) is 117 cm³/mol. The molecule has 0 unspecified atom stereocenters. The van der Waals surface area contributed by atoms with Crippen LogP contribution in [0.4, 0.5) is 16.4 Å². The van der Waals surface area contributed by atoms with Gasteiger partial charge in [0.2, 0.25) is 5.95 Å². The number of anilines is 2. The fourth-order valence-corrected chi connectivity index (χ4v) is 3.06. The van der Waals surface area contributed by atoms with Crippen LogP contribution >= 0.6 is 0 Å². The number of rotatable bonds is 5. The molecule has 0 bridgehead atoms. The molecule has 2 aromatic rings. The van der Waals surface area contributed by atoms with Gasteiger partial charge in [-0.2, -0.15) is 0 Å². The summed E-state index contributed by atoms with van der Waals surface area (Å²) in [5.74, 6) is -0.288. The lowest BCUT2D eigenvalue weighted by Crippen LogP contribution is -2.50. The third-order valence-corrected chi connectivity index (χ3v) is 4.54. The number of hydrogen-bond donors (Lipinski definition) is 1. The predicted octanol–water partition coefficient (Wildman–Crippen LogP) is 2.33. The number of nitrogens with one attached hydrogen (secondary N) is 1. The summed E-state index contributed by atoms with van der Waals surface area (Å²) in [5.41, 5.74) is -0.0303. The Kier molecular flexibility index (Phi) is 7.24. The van der Waals surface area contributed by atoms with Crippen LogP contribution < -0.4 is 10.2 Å². The topological polar surface area (TPSA) is 114 Å². The molecule has 0 aliphatic carbocycles. The third kappa shape index (κ3) is 6.66. The van der Waals surface area contributed by atoms with Crippen LogP contribution in [0.25, 0.3) is 0 Å². The van der Waals surface area contributed by atoms with Gasteiger partial charge in [0.05, 0.1) is 5.56 Å². The highest BCUT2D eigenvalue weighted by molar-refractivity contribution is 5.93. The minimum absolute atomic E-state index is 0.220. The lowest BCUT2D eigenvalue weighted by atomic mass is 10.2. The van der Waals surface area contributed by atoms with E-state index in [1.165, 1.54) is 6.07 Å². The van der Waals surface area contributed by atoms with E-state index in [9.17, 15) is 14.4 Å². The van der Waals surface area contributed by atoms with Gasteiger partial charge in [0.25, 0.3) is 5.91 Å². The van der Waals surface area contributed by atoms with Gasteiger partial charge in [0, 0.05) is 44.3 Å². The Morgan fingerprint density at radius 1 is 1.03 bits per heavy atom. The van der Waals surface area contributed by atoms with Gasteiger partial charge in [0.15, 0.2) is 6.61 Å². The van der Waals surface area contributed by atoms with Crippen LogP contribution in [0.5, 0.6) is 0 Å². The lowest BCUT2D eigenvalue weighted by Gasteiger charge is -2.34. The van der Waals surface area contributed by atoms with E-state index in [0.29, 0.717) is 37.8 Å². The maximum Gasteiger partial charge on any atom is 0.412 e. The number of hydrogen-bond acceptors (Lipinski definition) is 8. The molecular formula is C22H27N5O5. The minimum atomic E-state index is -0.650. The smallest absolute Gasteiger partial charge is 0.412 e. The monoisotopic (exact) mass is 441 g/mol. The standard InChI is InChI=1S/C22H27N5O5/c1-22(2,3)32-21(30)25-17-7-4-6-16(14-17)19(29)31-15-18(28)26-10-12-27(13-11-26)20-23-8-5-9-24-20/h4-9,14H,10-13,15H2,1-3H3,(H,25,30). The second kappa shape index (κ2) is 10.1. The number of esters is 1. The molecule has 1 aliphatic heterocycles. The maximum absolute atomic E-state index is 12.4. The van der Waals surface area contributed by atoms with Crippen LogP contribution in [0.3, 0.4) is 0 Å². The van der Waals surface area contributed by atoms with Gasteiger partial charge in [-0.3, -0.25) is 10.1 Å². The van der Waals surface area contributed by atoms with E-state index >= 15 is 0 Å². The number of benzene rings is 1. The molecule has 1 fully saturated rings. The molecule has 1 saturated heterocycles. The summed E-state index contributed by atoms with van der Waals surface area (Å²) in [5, 5.41) is 2.57. The largest absolute Gasteiger partial charge is 0.452 e. The molecule has 32 heavy (non-hydrogen) atoms.